The van der Waals surface area contributed by atoms with Crippen LogP contribution in [0.25, 0.3) is 55.1 Å². The van der Waals surface area contributed by atoms with E-state index < -0.39 is 8.07 Å². The molecule has 3 heteroatoms. The summed E-state index contributed by atoms with van der Waals surface area (Å²) in [5, 5.41) is 18.2. The highest BCUT2D eigenvalue weighted by Crippen LogP contribution is 2.42. The maximum atomic E-state index is 10.5. The quantitative estimate of drug-likeness (QED) is 0.136. The molecule has 0 spiro atoms. The van der Waals surface area contributed by atoms with E-state index in [4.69, 9.17) is 0 Å². The fourth-order valence-electron chi connectivity index (χ4n) is 6.93. The van der Waals surface area contributed by atoms with Gasteiger partial charge in [0, 0.05) is 23.3 Å². The van der Waals surface area contributed by atoms with E-state index >= 15 is 0 Å². The fourth-order valence-corrected chi connectivity index (χ4v) is 10.8. The van der Waals surface area contributed by atoms with E-state index in [2.05, 4.69) is 135 Å². The Kier molecular flexibility index (Phi) is 5.14. The molecule has 0 unspecified atom stereocenters. The molecule has 0 aliphatic carbocycles. The Hall–Kier alpha value is -4.52. The molecular formula is C36H29N2Si+. The maximum Gasteiger partial charge on any atom is 0.212 e. The van der Waals surface area contributed by atoms with E-state index in [1.807, 2.05) is 6.07 Å². The Bertz CT molecular complexity index is 2030. The molecule has 186 valence electrons. The number of fused-ring (bicyclic) bond motifs is 6. The minimum Gasteiger partial charge on any atom is -0.201 e. The van der Waals surface area contributed by atoms with Gasteiger partial charge in [-0.1, -0.05) is 79.8 Å². The SMILES string of the molecule is Cc1ccc2c(c1-c1cccc[n+]1C)[Si](C)(C)c1c-2ccc(C#N)c1-c1cc2ccccc2c2ccccc12. The third-order valence-corrected chi connectivity index (χ3v) is 12.2. The smallest absolute Gasteiger partial charge is 0.201 e. The number of hydrogen-bond acceptors (Lipinski definition) is 1. The maximum absolute atomic E-state index is 10.5. The van der Waals surface area contributed by atoms with Crippen LogP contribution < -0.4 is 14.9 Å². The minimum atomic E-state index is -2.26. The van der Waals surface area contributed by atoms with Gasteiger partial charge in [-0.3, -0.25) is 0 Å². The third kappa shape index (κ3) is 3.29. The molecule has 0 saturated heterocycles. The molecule has 1 aromatic heterocycles. The van der Waals surface area contributed by atoms with Crippen LogP contribution in [-0.2, 0) is 7.05 Å². The number of rotatable bonds is 2. The van der Waals surface area contributed by atoms with Crippen LogP contribution in [0.1, 0.15) is 11.1 Å². The van der Waals surface area contributed by atoms with Gasteiger partial charge in [0.1, 0.15) is 15.1 Å². The first-order valence-electron chi connectivity index (χ1n) is 13.5. The summed E-state index contributed by atoms with van der Waals surface area (Å²) in [4.78, 5) is 0. The lowest BCUT2D eigenvalue weighted by Gasteiger charge is -2.26. The molecule has 2 heterocycles. The number of benzene rings is 5. The van der Waals surface area contributed by atoms with Gasteiger partial charge in [-0.2, -0.15) is 5.26 Å². The van der Waals surface area contributed by atoms with Gasteiger partial charge in [-0.25, -0.2) is 4.57 Å². The van der Waals surface area contributed by atoms with Crippen molar-refractivity contribution >= 4 is 40.0 Å². The summed E-state index contributed by atoms with van der Waals surface area (Å²) in [6.07, 6.45) is 2.13. The van der Waals surface area contributed by atoms with E-state index in [-0.39, 0.29) is 0 Å². The Labute approximate surface area is 230 Å². The van der Waals surface area contributed by atoms with Gasteiger partial charge in [0.2, 0.25) is 5.69 Å². The lowest BCUT2D eigenvalue weighted by molar-refractivity contribution is -0.660. The van der Waals surface area contributed by atoms with E-state index in [1.54, 1.807) is 0 Å². The molecule has 0 amide bonds. The van der Waals surface area contributed by atoms with Crippen molar-refractivity contribution in [2.45, 2.75) is 20.0 Å². The monoisotopic (exact) mass is 517 g/mol. The molecule has 2 nitrogen and oxygen atoms in total. The number of aryl methyl sites for hydroxylation is 2. The van der Waals surface area contributed by atoms with Crippen molar-refractivity contribution < 1.29 is 4.57 Å². The van der Waals surface area contributed by atoms with Crippen molar-refractivity contribution in [1.82, 2.24) is 0 Å². The topological polar surface area (TPSA) is 27.7 Å². The third-order valence-electron chi connectivity index (χ3n) is 8.63. The van der Waals surface area contributed by atoms with Gasteiger partial charge in [0.25, 0.3) is 0 Å². The predicted molar refractivity (Wildman–Crippen MR) is 165 cm³/mol. The highest BCUT2D eigenvalue weighted by Gasteiger charge is 2.44. The normalized spacial score (nSPS) is 13.3. The van der Waals surface area contributed by atoms with E-state index in [9.17, 15) is 5.26 Å². The predicted octanol–water partition coefficient (Wildman–Crippen LogP) is 7.13. The number of nitrogens with zero attached hydrogens (tertiary/aromatic N) is 2. The van der Waals surface area contributed by atoms with Crippen molar-refractivity contribution in [1.29, 1.82) is 5.26 Å². The summed E-state index contributed by atoms with van der Waals surface area (Å²) in [6.45, 7) is 7.17. The fraction of sp³-hybridized carbons (Fsp3) is 0.111. The molecule has 0 bridgehead atoms. The summed E-state index contributed by atoms with van der Waals surface area (Å²) in [6, 6.07) is 37.4. The van der Waals surface area contributed by atoms with Crippen LogP contribution in [0, 0.1) is 18.3 Å². The number of aromatic nitrogens is 1. The Morgan fingerprint density at radius 1 is 0.667 bits per heavy atom. The lowest BCUT2D eigenvalue weighted by Crippen LogP contribution is -2.52. The molecule has 5 aromatic carbocycles. The molecule has 1 aliphatic rings. The molecule has 39 heavy (non-hydrogen) atoms. The average Bonchev–Trinajstić information content (AvgIpc) is 3.19. The van der Waals surface area contributed by atoms with Gasteiger partial charge in [-0.05, 0) is 79.3 Å². The van der Waals surface area contributed by atoms with Crippen molar-refractivity contribution in [3.8, 4) is 39.6 Å². The lowest BCUT2D eigenvalue weighted by atomic mass is 9.89. The molecule has 0 radical (unpaired) electrons. The van der Waals surface area contributed by atoms with Crippen LogP contribution in [0.2, 0.25) is 13.1 Å². The summed E-state index contributed by atoms with van der Waals surface area (Å²) in [5.74, 6) is 0. The van der Waals surface area contributed by atoms with Crippen LogP contribution in [0.4, 0.5) is 0 Å². The molecule has 7 rings (SSSR count). The second-order valence-electron chi connectivity index (χ2n) is 11.2. The van der Waals surface area contributed by atoms with Crippen LogP contribution in [0.15, 0.2) is 103 Å². The molecule has 1 aliphatic heterocycles. The van der Waals surface area contributed by atoms with Crippen molar-refractivity contribution in [2.75, 3.05) is 0 Å². The van der Waals surface area contributed by atoms with Gasteiger partial charge in [0.15, 0.2) is 6.20 Å². The van der Waals surface area contributed by atoms with Crippen LogP contribution in [0.3, 0.4) is 0 Å². The van der Waals surface area contributed by atoms with Crippen molar-refractivity contribution in [3.63, 3.8) is 0 Å². The first-order chi connectivity index (χ1) is 18.9. The minimum absolute atomic E-state index is 0.756. The Morgan fingerprint density at radius 2 is 1.31 bits per heavy atom. The van der Waals surface area contributed by atoms with Gasteiger partial charge < -0.3 is 0 Å². The summed E-state index contributed by atoms with van der Waals surface area (Å²) in [5.41, 5.74) is 9.51. The zero-order chi connectivity index (χ0) is 26.9. The zero-order valence-electron chi connectivity index (χ0n) is 22.7. The molecule has 0 fully saturated rings. The van der Waals surface area contributed by atoms with Crippen LogP contribution in [0.5, 0.6) is 0 Å². The van der Waals surface area contributed by atoms with Gasteiger partial charge in [-0.15, -0.1) is 0 Å². The average molecular weight is 518 g/mol. The van der Waals surface area contributed by atoms with Crippen molar-refractivity contribution in [3.05, 3.63) is 114 Å². The van der Waals surface area contributed by atoms with Crippen LogP contribution in [-0.4, -0.2) is 8.07 Å². The highest BCUT2D eigenvalue weighted by molar-refractivity contribution is 7.05. The largest absolute Gasteiger partial charge is 0.212 e. The van der Waals surface area contributed by atoms with Gasteiger partial charge >= 0.3 is 0 Å². The molecule has 0 N–H and O–H groups in total. The molecule has 6 aromatic rings. The molecular weight excluding hydrogens is 488 g/mol. The standard InChI is InChI=1S/C36H29N2Si/c1-23-16-18-29-30-19-17-25(22-37)34(31-21-24-11-5-6-12-26(24)27-13-7-8-14-28(27)31)36(30)39(3,4)35(29)33(23)32-15-9-10-20-38(32)2/h5-21H,1-4H3/q+1. The number of pyridine rings is 1. The first-order valence-corrected chi connectivity index (χ1v) is 16.5. The summed E-state index contributed by atoms with van der Waals surface area (Å²) < 4.78 is 2.23. The van der Waals surface area contributed by atoms with E-state index in [0.29, 0.717) is 0 Å². The van der Waals surface area contributed by atoms with Crippen LogP contribution >= 0.6 is 0 Å². The Morgan fingerprint density at radius 3 is 2.05 bits per heavy atom. The first kappa shape index (κ1) is 23.6. The zero-order valence-corrected chi connectivity index (χ0v) is 23.7. The molecule has 0 atom stereocenters. The number of nitriles is 1. The number of hydrogen-bond donors (Lipinski definition) is 0. The molecule has 0 saturated carbocycles. The summed E-state index contributed by atoms with van der Waals surface area (Å²) in [7, 11) is -0.127. The second kappa shape index (κ2) is 8.49. The van der Waals surface area contributed by atoms with Crippen molar-refractivity contribution in [2.24, 2.45) is 7.05 Å². The van der Waals surface area contributed by atoms with E-state index in [1.165, 1.54) is 59.9 Å². The highest BCUT2D eigenvalue weighted by atomic mass is 28.3. The Balaban J connectivity index is 1.62. The summed E-state index contributed by atoms with van der Waals surface area (Å²) >= 11 is 0. The second-order valence-corrected chi connectivity index (χ2v) is 15.5. The van der Waals surface area contributed by atoms with Gasteiger partial charge in [0.05, 0.1) is 11.6 Å². The van der Waals surface area contributed by atoms with E-state index in [0.717, 1.165) is 16.7 Å².